The Morgan fingerprint density at radius 3 is 2.56 bits per heavy atom. The first-order valence-corrected chi connectivity index (χ1v) is 5.32. The van der Waals surface area contributed by atoms with Crippen molar-refractivity contribution in [1.82, 2.24) is 15.3 Å². The van der Waals surface area contributed by atoms with Gasteiger partial charge in [-0.25, -0.2) is 4.98 Å². The van der Waals surface area contributed by atoms with Gasteiger partial charge in [0.2, 0.25) is 5.91 Å². The monoisotopic (exact) mass is 244 g/mol. The van der Waals surface area contributed by atoms with Crippen molar-refractivity contribution >= 4 is 11.8 Å². The van der Waals surface area contributed by atoms with Crippen LogP contribution in [0.1, 0.15) is 26.4 Å². The van der Waals surface area contributed by atoms with Crippen molar-refractivity contribution in [2.45, 2.75) is 6.54 Å². The van der Waals surface area contributed by atoms with Crippen molar-refractivity contribution in [2.75, 3.05) is 0 Å². The molecule has 6 nitrogen and oxygen atoms in total. The summed E-state index contributed by atoms with van der Waals surface area (Å²) in [4.78, 5) is 28.9. The number of H-pyrrole nitrogens is 1. The number of hydrogen-bond acceptors (Lipinski definition) is 3. The molecule has 92 valence electrons. The summed E-state index contributed by atoms with van der Waals surface area (Å²) in [5.41, 5.74) is 6.86. The van der Waals surface area contributed by atoms with Gasteiger partial charge in [-0.3, -0.25) is 9.59 Å². The lowest BCUT2D eigenvalue weighted by Gasteiger charge is -2.04. The van der Waals surface area contributed by atoms with Crippen LogP contribution in [0, 0.1) is 0 Å². The van der Waals surface area contributed by atoms with E-state index in [9.17, 15) is 9.59 Å². The van der Waals surface area contributed by atoms with Gasteiger partial charge in [0.05, 0.1) is 12.5 Å². The Kier molecular flexibility index (Phi) is 3.38. The van der Waals surface area contributed by atoms with Gasteiger partial charge in [-0.2, -0.15) is 0 Å². The van der Waals surface area contributed by atoms with E-state index in [0.29, 0.717) is 17.8 Å². The molecular weight excluding hydrogens is 232 g/mol. The first kappa shape index (κ1) is 11.8. The molecular formula is C12H12N4O2. The molecule has 4 N–H and O–H groups in total. The third-order valence-corrected chi connectivity index (χ3v) is 2.43. The molecule has 0 saturated heterocycles. The maximum Gasteiger partial charge on any atom is 0.269 e. The Labute approximate surface area is 103 Å². The average molecular weight is 244 g/mol. The highest BCUT2D eigenvalue weighted by molar-refractivity contribution is 5.93. The molecule has 18 heavy (non-hydrogen) atoms. The van der Waals surface area contributed by atoms with E-state index < -0.39 is 5.91 Å². The van der Waals surface area contributed by atoms with Crippen LogP contribution in [-0.2, 0) is 6.54 Å². The zero-order valence-electron chi connectivity index (χ0n) is 9.51. The number of carbonyl (C=O) groups is 2. The molecule has 0 bridgehead atoms. The van der Waals surface area contributed by atoms with Crippen molar-refractivity contribution in [3.8, 4) is 0 Å². The van der Waals surface area contributed by atoms with Crippen molar-refractivity contribution < 1.29 is 9.59 Å². The first-order chi connectivity index (χ1) is 8.66. The molecule has 0 aliphatic carbocycles. The molecule has 0 radical (unpaired) electrons. The second kappa shape index (κ2) is 5.13. The SMILES string of the molecule is NC(=O)c1ccc(CNC(=O)c2cnc[nH]2)cc1. The summed E-state index contributed by atoms with van der Waals surface area (Å²) < 4.78 is 0. The second-order valence-electron chi connectivity index (χ2n) is 3.71. The van der Waals surface area contributed by atoms with E-state index in [-0.39, 0.29) is 5.91 Å². The fourth-order valence-electron chi connectivity index (χ4n) is 1.44. The predicted octanol–water partition coefficient (Wildman–Crippen LogP) is 0.439. The number of carbonyl (C=O) groups excluding carboxylic acids is 2. The van der Waals surface area contributed by atoms with Crippen molar-refractivity contribution in [3.63, 3.8) is 0 Å². The Morgan fingerprint density at radius 2 is 2.00 bits per heavy atom. The van der Waals surface area contributed by atoms with Crippen LogP contribution in [0.2, 0.25) is 0 Å². The summed E-state index contributed by atoms with van der Waals surface area (Å²) in [5, 5.41) is 2.72. The molecule has 6 heteroatoms. The number of aromatic nitrogens is 2. The number of nitrogens with two attached hydrogens (primary N) is 1. The number of nitrogens with one attached hydrogen (secondary N) is 2. The van der Waals surface area contributed by atoms with Gasteiger partial charge in [-0.1, -0.05) is 12.1 Å². The molecule has 0 fully saturated rings. The number of nitrogens with zero attached hydrogens (tertiary/aromatic N) is 1. The van der Waals surface area contributed by atoms with Gasteiger partial charge in [-0.05, 0) is 17.7 Å². The van der Waals surface area contributed by atoms with Crippen LogP contribution in [0.15, 0.2) is 36.8 Å². The number of rotatable bonds is 4. The zero-order valence-corrected chi connectivity index (χ0v) is 9.51. The quantitative estimate of drug-likeness (QED) is 0.727. The Bertz CT molecular complexity index is 546. The molecule has 2 rings (SSSR count). The van der Waals surface area contributed by atoms with Crippen LogP contribution in [0.5, 0.6) is 0 Å². The minimum absolute atomic E-state index is 0.230. The van der Waals surface area contributed by atoms with E-state index in [2.05, 4.69) is 15.3 Å². The van der Waals surface area contributed by atoms with Gasteiger partial charge < -0.3 is 16.0 Å². The molecule has 2 aromatic rings. The summed E-state index contributed by atoms with van der Waals surface area (Å²) in [6, 6.07) is 6.74. The molecule has 0 aliphatic rings. The topological polar surface area (TPSA) is 101 Å². The maximum absolute atomic E-state index is 11.6. The Hall–Kier alpha value is -2.63. The molecule has 1 aromatic heterocycles. The summed E-state index contributed by atoms with van der Waals surface area (Å²) in [5.74, 6) is -0.700. The third-order valence-electron chi connectivity index (χ3n) is 2.43. The zero-order chi connectivity index (χ0) is 13.0. The van der Waals surface area contributed by atoms with Crippen LogP contribution in [0.25, 0.3) is 0 Å². The number of aromatic amines is 1. The number of imidazole rings is 1. The number of hydrogen-bond donors (Lipinski definition) is 3. The second-order valence-corrected chi connectivity index (χ2v) is 3.71. The third kappa shape index (κ3) is 2.73. The van der Waals surface area contributed by atoms with Gasteiger partial charge in [0.15, 0.2) is 0 Å². The molecule has 0 spiro atoms. The van der Waals surface area contributed by atoms with Gasteiger partial charge in [-0.15, -0.1) is 0 Å². The largest absolute Gasteiger partial charge is 0.366 e. The minimum Gasteiger partial charge on any atom is -0.366 e. The van der Waals surface area contributed by atoms with Crippen LogP contribution in [0.3, 0.4) is 0 Å². The van der Waals surface area contributed by atoms with Gasteiger partial charge in [0, 0.05) is 12.1 Å². The van der Waals surface area contributed by atoms with E-state index in [4.69, 9.17) is 5.73 Å². The lowest BCUT2D eigenvalue weighted by atomic mass is 10.1. The average Bonchev–Trinajstić information content (AvgIpc) is 2.90. The molecule has 2 amide bonds. The Balaban J connectivity index is 1.94. The number of primary amides is 1. The summed E-state index contributed by atoms with van der Waals surface area (Å²) in [7, 11) is 0. The lowest BCUT2D eigenvalue weighted by molar-refractivity contribution is 0.0945. The standard InChI is InChI=1S/C12H12N4O2/c13-11(17)9-3-1-8(2-4-9)5-15-12(18)10-6-14-7-16-10/h1-4,6-7H,5H2,(H2,13,17)(H,14,16)(H,15,18). The molecule has 0 saturated carbocycles. The maximum atomic E-state index is 11.6. The molecule has 0 atom stereocenters. The highest BCUT2D eigenvalue weighted by Crippen LogP contribution is 2.04. The molecule has 0 aliphatic heterocycles. The van der Waals surface area contributed by atoms with Crippen LogP contribution < -0.4 is 11.1 Å². The minimum atomic E-state index is -0.469. The van der Waals surface area contributed by atoms with E-state index in [1.807, 2.05) is 0 Å². The van der Waals surface area contributed by atoms with Crippen molar-refractivity contribution in [2.24, 2.45) is 5.73 Å². The van der Waals surface area contributed by atoms with Gasteiger partial charge in [0.25, 0.3) is 5.91 Å². The van der Waals surface area contributed by atoms with E-state index in [1.165, 1.54) is 12.5 Å². The van der Waals surface area contributed by atoms with Crippen LogP contribution in [0.4, 0.5) is 0 Å². The molecule has 1 aromatic carbocycles. The van der Waals surface area contributed by atoms with Gasteiger partial charge >= 0.3 is 0 Å². The molecule has 0 unspecified atom stereocenters. The highest BCUT2D eigenvalue weighted by Gasteiger charge is 2.06. The van der Waals surface area contributed by atoms with Crippen molar-refractivity contribution in [1.29, 1.82) is 0 Å². The van der Waals surface area contributed by atoms with E-state index in [1.54, 1.807) is 24.3 Å². The van der Waals surface area contributed by atoms with Crippen LogP contribution >= 0.6 is 0 Å². The fraction of sp³-hybridized carbons (Fsp3) is 0.0833. The Morgan fingerprint density at radius 1 is 1.28 bits per heavy atom. The molecule has 1 heterocycles. The lowest BCUT2D eigenvalue weighted by Crippen LogP contribution is -2.23. The van der Waals surface area contributed by atoms with E-state index >= 15 is 0 Å². The summed E-state index contributed by atoms with van der Waals surface area (Å²) in [6.45, 7) is 0.372. The highest BCUT2D eigenvalue weighted by atomic mass is 16.2. The van der Waals surface area contributed by atoms with E-state index in [0.717, 1.165) is 5.56 Å². The van der Waals surface area contributed by atoms with Gasteiger partial charge in [0.1, 0.15) is 5.69 Å². The smallest absolute Gasteiger partial charge is 0.269 e. The van der Waals surface area contributed by atoms with Crippen molar-refractivity contribution in [3.05, 3.63) is 53.6 Å². The van der Waals surface area contributed by atoms with Crippen LogP contribution in [-0.4, -0.2) is 21.8 Å². The number of benzene rings is 1. The fourth-order valence-corrected chi connectivity index (χ4v) is 1.44. The number of amides is 2. The summed E-state index contributed by atoms with van der Waals surface area (Å²) in [6.07, 6.45) is 2.89. The first-order valence-electron chi connectivity index (χ1n) is 5.32. The predicted molar refractivity (Wildman–Crippen MR) is 64.7 cm³/mol. The normalized spacial score (nSPS) is 10.0. The summed E-state index contributed by atoms with van der Waals surface area (Å²) >= 11 is 0.